The Kier molecular flexibility index (Phi) is 4.02. The van der Waals surface area contributed by atoms with Gasteiger partial charge in [0.15, 0.2) is 0 Å². The molecule has 3 rings (SSSR count). The summed E-state index contributed by atoms with van der Waals surface area (Å²) in [5, 5.41) is 0. The molecular formula is C15H17F3N6. The van der Waals surface area contributed by atoms with Crippen LogP contribution >= 0.6 is 0 Å². The Bertz CT molecular complexity index is 722. The molecule has 0 N–H and O–H groups in total. The van der Waals surface area contributed by atoms with Gasteiger partial charge in [-0.1, -0.05) is 0 Å². The standard InChI is InChI=1S/C15H17F3N6/c1-9-4-10(2)22-14(21-9)23(3)11-6-24(7-11)13-5-12(15(16,17)18)19-8-20-13/h4-5,8,11H,6-7H2,1-3H3. The van der Waals surface area contributed by atoms with E-state index in [0.29, 0.717) is 19.0 Å². The quantitative estimate of drug-likeness (QED) is 0.855. The first-order valence-corrected chi connectivity index (χ1v) is 7.43. The molecule has 0 radical (unpaired) electrons. The van der Waals surface area contributed by atoms with Crippen molar-refractivity contribution >= 4 is 11.8 Å². The van der Waals surface area contributed by atoms with Crippen molar-refractivity contribution < 1.29 is 13.2 Å². The predicted octanol–water partition coefficient (Wildman–Crippen LogP) is 2.23. The van der Waals surface area contributed by atoms with Gasteiger partial charge in [-0.3, -0.25) is 0 Å². The average Bonchev–Trinajstić information content (AvgIpc) is 2.44. The fraction of sp³-hybridized carbons (Fsp3) is 0.467. The molecule has 0 aliphatic carbocycles. The molecule has 1 fully saturated rings. The molecule has 1 aliphatic rings. The maximum Gasteiger partial charge on any atom is 0.433 e. The summed E-state index contributed by atoms with van der Waals surface area (Å²) >= 11 is 0. The van der Waals surface area contributed by atoms with Crippen LogP contribution < -0.4 is 9.80 Å². The Morgan fingerprint density at radius 2 is 1.71 bits per heavy atom. The van der Waals surface area contributed by atoms with E-state index >= 15 is 0 Å². The van der Waals surface area contributed by atoms with Crippen LogP contribution in [0.1, 0.15) is 17.1 Å². The molecule has 1 saturated heterocycles. The molecule has 1 aliphatic heterocycles. The number of alkyl halides is 3. The van der Waals surface area contributed by atoms with E-state index in [-0.39, 0.29) is 11.9 Å². The van der Waals surface area contributed by atoms with Crippen LogP contribution in [-0.2, 0) is 6.18 Å². The summed E-state index contributed by atoms with van der Waals surface area (Å²) in [7, 11) is 1.89. The second-order valence-corrected chi connectivity index (χ2v) is 5.88. The SMILES string of the molecule is Cc1cc(C)nc(N(C)C2CN(c3cc(C(F)(F)F)ncn3)C2)n1. The summed E-state index contributed by atoms with van der Waals surface area (Å²) < 4.78 is 38.2. The van der Waals surface area contributed by atoms with Crippen LogP contribution in [0.25, 0.3) is 0 Å². The fourth-order valence-electron chi connectivity index (χ4n) is 2.59. The Labute approximate surface area is 137 Å². The van der Waals surface area contributed by atoms with E-state index < -0.39 is 11.9 Å². The Morgan fingerprint density at radius 1 is 1.08 bits per heavy atom. The van der Waals surface area contributed by atoms with E-state index in [1.165, 1.54) is 0 Å². The third-order valence-corrected chi connectivity index (χ3v) is 3.96. The highest BCUT2D eigenvalue weighted by molar-refractivity contribution is 5.47. The van der Waals surface area contributed by atoms with E-state index in [1.54, 1.807) is 4.90 Å². The second kappa shape index (κ2) is 5.88. The molecule has 6 nitrogen and oxygen atoms in total. The lowest BCUT2D eigenvalue weighted by molar-refractivity contribution is -0.141. The molecular weight excluding hydrogens is 321 g/mol. The lowest BCUT2D eigenvalue weighted by atomic mass is 10.1. The zero-order valence-electron chi connectivity index (χ0n) is 13.5. The van der Waals surface area contributed by atoms with Crippen LogP contribution in [0.3, 0.4) is 0 Å². The molecule has 128 valence electrons. The van der Waals surface area contributed by atoms with Gasteiger partial charge in [-0.25, -0.2) is 19.9 Å². The van der Waals surface area contributed by atoms with Crippen molar-refractivity contribution in [1.29, 1.82) is 0 Å². The number of anilines is 2. The van der Waals surface area contributed by atoms with Gasteiger partial charge in [-0.15, -0.1) is 0 Å². The highest BCUT2D eigenvalue weighted by Gasteiger charge is 2.36. The van der Waals surface area contributed by atoms with Gasteiger partial charge < -0.3 is 9.80 Å². The van der Waals surface area contributed by atoms with Gasteiger partial charge >= 0.3 is 6.18 Å². The monoisotopic (exact) mass is 338 g/mol. The van der Waals surface area contributed by atoms with E-state index in [1.807, 2.05) is 31.9 Å². The molecule has 0 unspecified atom stereocenters. The lowest BCUT2D eigenvalue weighted by Crippen LogP contribution is -2.59. The molecule has 0 aromatic carbocycles. The molecule has 0 atom stereocenters. The van der Waals surface area contributed by atoms with Gasteiger partial charge in [0, 0.05) is 37.6 Å². The third kappa shape index (κ3) is 3.24. The summed E-state index contributed by atoms with van der Waals surface area (Å²) in [6.07, 6.45) is -3.52. The van der Waals surface area contributed by atoms with Crippen molar-refractivity contribution in [3.63, 3.8) is 0 Å². The topological polar surface area (TPSA) is 58.0 Å². The van der Waals surface area contributed by atoms with E-state index in [9.17, 15) is 13.2 Å². The molecule has 0 saturated carbocycles. The van der Waals surface area contributed by atoms with Crippen LogP contribution in [0.2, 0.25) is 0 Å². The highest BCUT2D eigenvalue weighted by atomic mass is 19.4. The van der Waals surface area contributed by atoms with Crippen LogP contribution in [0.4, 0.5) is 24.9 Å². The van der Waals surface area contributed by atoms with Crippen LogP contribution in [0, 0.1) is 13.8 Å². The Balaban J connectivity index is 1.69. The van der Waals surface area contributed by atoms with Crippen molar-refractivity contribution in [3.8, 4) is 0 Å². The summed E-state index contributed by atoms with van der Waals surface area (Å²) in [6.45, 7) is 4.92. The molecule has 0 spiro atoms. The van der Waals surface area contributed by atoms with Crippen LogP contribution in [-0.4, -0.2) is 46.1 Å². The lowest BCUT2D eigenvalue weighted by Gasteiger charge is -2.44. The molecule has 3 heterocycles. The minimum absolute atomic E-state index is 0.121. The first kappa shape index (κ1) is 16.4. The highest BCUT2D eigenvalue weighted by Crippen LogP contribution is 2.30. The van der Waals surface area contributed by atoms with Gasteiger partial charge in [-0.2, -0.15) is 13.2 Å². The number of halogens is 3. The fourth-order valence-corrected chi connectivity index (χ4v) is 2.59. The molecule has 0 bridgehead atoms. The van der Waals surface area contributed by atoms with Gasteiger partial charge in [0.25, 0.3) is 0 Å². The van der Waals surface area contributed by atoms with E-state index in [4.69, 9.17) is 0 Å². The number of nitrogens with zero attached hydrogens (tertiary/aromatic N) is 6. The van der Waals surface area contributed by atoms with Crippen LogP contribution in [0.15, 0.2) is 18.5 Å². The molecule has 2 aromatic rings. The second-order valence-electron chi connectivity index (χ2n) is 5.88. The summed E-state index contributed by atoms with van der Waals surface area (Å²) in [4.78, 5) is 19.7. The third-order valence-electron chi connectivity index (χ3n) is 3.96. The predicted molar refractivity (Wildman–Crippen MR) is 82.9 cm³/mol. The first-order chi connectivity index (χ1) is 11.2. The summed E-state index contributed by atoms with van der Waals surface area (Å²) in [5.74, 6) is 0.902. The van der Waals surface area contributed by atoms with Gasteiger partial charge in [0.1, 0.15) is 17.8 Å². The van der Waals surface area contributed by atoms with Gasteiger partial charge in [0.2, 0.25) is 5.95 Å². The first-order valence-electron chi connectivity index (χ1n) is 7.43. The van der Waals surface area contributed by atoms with Crippen LogP contribution in [0.5, 0.6) is 0 Å². The number of hydrogen-bond acceptors (Lipinski definition) is 6. The normalized spacial score (nSPS) is 15.3. The minimum Gasteiger partial charge on any atom is -0.352 e. The molecule has 2 aromatic heterocycles. The number of aromatic nitrogens is 4. The van der Waals surface area contributed by atoms with E-state index in [2.05, 4.69) is 19.9 Å². The zero-order chi connectivity index (χ0) is 17.5. The van der Waals surface area contributed by atoms with E-state index in [0.717, 1.165) is 23.8 Å². The van der Waals surface area contributed by atoms with Crippen molar-refractivity contribution in [3.05, 3.63) is 35.5 Å². The minimum atomic E-state index is -4.47. The number of aryl methyl sites for hydroxylation is 2. The molecule has 0 amide bonds. The smallest absolute Gasteiger partial charge is 0.352 e. The van der Waals surface area contributed by atoms with Gasteiger partial charge in [0.05, 0.1) is 6.04 Å². The summed E-state index contributed by atoms with van der Waals surface area (Å²) in [5.41, 5.74) is 0.833. The molecule has 9 heteroatoms. The van der Waals surface area contributed by atoms with Crippen molar-refractivity contribution in [2.45, 2.75) is 26.1 Å². The number of rotatable bonds is 3. The zero-order valence-corrected chi connectivity index (χ0v) is 13.5. The number of likely N-dealkylation sites (N-methyl/N-ethyl adjacent to an activating group) is 1. The number of hydrogen-bond donors (Lipinski definition) is 0. The van der Waals surface area contributed by atoms with Crippen molar-refractivity contribution in [1.82, 2.24) is 19.9 Å². The largest absolute Gasteiger partial charge is 0.433 e. The van der Waals surface area contributed by atoms with Gasteiger partial charge in [-0.05, 0) is 19.9 Å². The molecule has 24 heavy (non-hydrogen) atoms. The average molecular weight is 338 g/mol. The maximum absolute atomic E-state index is 12.7. The Morgan fingerprint density at radius 3 is 2.29 bits per heavy atom. The summed E-state index contributed by atoms with van der Waals surface area (Å²) in [6, 6.07) is 2.99. The Hall–Kier alpha value is -2.45. The van der Waals surface area contributed by atoms with Crippen molar-refractivity contribution in [2.75, 3.05) is 29.9 Å². The van der Waals surface area contributed by atoms with Crippen molar-refractivity contribution in [2.24, 2.45) is 0 Å². The maximum atomic E-state index is 12.7.